The van der Waals surface area contributed by atoms with Gasteiger partial charge in [0.25, 0.3) is 0 Å². The Hall–Kier alpha value is -0.580. The van der Waals surface area contributed by atoms with Crippen LogP contribution in [-0.4, -0.2) is 4.83 Å². The second-order valence-electron chi connectivity index (χ2n) is 5.09. The van der Waals surface area contributed by atoms with Crippen molar-refractivity contribution in [3.63, 3.8) is 0 Å². The first-order chi connectivity index (χ1) is 8.22. The van der Waals surface area contributed by atoms with Gasteiger partial charge in [-0.15, -0.1) is 0 Å². The molecule has 1 aliphatic carbocycles. The van der Waals surface area contributed by atoms with Crippen LogP contribution in [0.25, 0.3) is 0 Å². The number of alkyl halides is 4. The molecule has 2 rings (SSSR count). The second kappa shape index (κ2) is 4.51. The summed E-state index contributed by atoms with van der Waals surface area (Å²) in [4.78, 5) is 0.321. The van der Waals surface area contributed by atoms with Gasteiger partial charge in [0.05, 0.1) is 5.56 Å². The summed E-state index contributed by atoms with van der Waals surface area (Å²) in [6.07, 6.45) is -2.13. The fourth-order valence-corrected chi connectivity index (χ4v) is 3.49. The zero-order valence-electron chi connectivity index (χ0n) is 9.82. The summed E-state index contributed by atoms with van der Waals surface area (Å²) in [5.74, 6) is -1.21. The van der Waals surface area contributed by atoms with Gasteiger partial charge in [0.1, 0.15) is 5.82 Å². The topological polar surface area (TPSA) is 0 Å². The highest BCUT2D eigenvalue weighted by Gasteiger charge is 2.39. The van der Waals surface area contributed by atoms with E-state index < -0.39 is 17.6 Å². The standard InChI is InChI=1S/C13H13BrF4/c1-12(5-4-9(14)7-12)8-2-3-11(15)10(6-8)13(16,17)18/h2-3,6,9H,4-5,7H2,1H3. The molecule has 0 heterocycles. The van der Waals surface area contributed by atoms with Crippen LogP contribution >= 0.6 is 15.9 Å². The first-order valence-corrected chi connectivity index (χ1v) is 6.65. The maximum Gasteiger partial charge on any atom is 0.419 e. The van der Waals surface area contributed by atoms with Crippen LogP contribution in [-0.2, 0) is 11.6 Å². The summed E-state index contributed by atoms with van der Waals surface area (Å²) >= 11 is 3.49. The Morgan fingerprint density at radius 1 is 1.33 bits per heavy atom. The SMILES string of the molecule is CC1(c2ccc(F)c(C(F)(F)F)c2)CCC(Br)C1. The number of rotatable bonds is 1. The lowest BCUT2D eigenvalue weighted by Gasteiger charge is -2.25. The lowest BCUT2D eigenvalue weighted by atomic mass is 9.80. The van der Waals surface area contributed by atoms with Crippen LogP contribution in [0.4, 0.5) is 17.6 Å². The monoisotopic (exact) mass is 324 g/mol. The van der Waals surface area contributed by atoms with E-state index in [1.165, 1.54) is 6.07 Å². The Morgan fingerprint density at radius 3 is 2.50 bits per heavy atom. The maximum atomic E-state index is 13.2. The largest absolute Gasteiger partial charge is 0.419 e. The average molecular weight is 325 g/mol. The van der Waals surface area contributed by atoms with E-state index in [0.29, 0.717) is 10.4 Å². The van der Waals surface area contributed by atoms with Gasteiger partial charge in [0.2, 0.25) is 0 Å². The Morgan fingerprint density at radius 2 is 2.00 bits per heavy atom. The van der Waals surface area contributed by atoms with Crippen molar-refractivity contribution in [2.75, 3.05) is 0 Å². The van der Waals surface area contributed by atoms with Crippen molar-refractivity contribution in [2.45, 2.75) is 42.6 Å². The average Bonchev–Trinajstić information content (AvgIpc) is 2.58. The molecule has 2 atom stereocenters. The van der Waals surface area contributed by atoms with E-state index in [-0.39, 0.29) is 5.41 Å². The van der Waals surface area contributed by atoms with E-state index in [0.717, 1.165) is 31.4 Å². The van der Waals surface area contributed by atoms with Crippen LogP contribution in [0, 0.1) is 5.82 Å². The van der Waals surface area contributed by atoms with Gasteiger partial charge < -0.3 is 0 Å². The number of halogens is 5. The summed E-state index contributed by atoms with van der Waals surface area (Å²) in [7, 11) is 0. The molecule has 0 N–H and O–H groups in total. The molecule has 0 amide bonds. The molecule has 0 nitrogen and oxygen atoms in total. The molecule has 100 valence electrons. The molecule has 0 bridgehead atoms. The van der Waals surface area contributed by atoms with Crippen molar-refractivity contribution in [2.24, 2.45) is 0 Å². The maximum absolute atomic E-state index is 13.2. The van der Waals surface area contributed by atoms with Crippen LogP contribution in [0.1, 0.15) is 37.3 Å². The Kier molecular flexibility index (Phi) is 3.47. The number of hydrogen-bond donors (Lipinski definition) is 0. The molecule has 18 heavy (non-hydrogen) atoms. The molecular formula is C13H13BrF4. The third kappa shape index (κ3) is 2.56. The normalized spacial score (nSPS) is 28.7. The molecule has 0 radical (unpaired) electrons. The molecule has 1 aromatic rings. The van der Waals surface area contributed by atoms with Gasteiger partial charge in [0.15, 0.2) is 0 Å². The highest BCUT2D eigenvalue weighted by Crippen LogP contribution is 2.45. The predicted octanol–water partition coefficient (Wildman–Crippen LogP) is 5.05. The lowest BCUT2D eigenvalue weighted by molar-refractivity contribution is -0.140. The fourth-order valence-electron chi connectivity index (χ4n) is 2.55. The van der Waals surface area contributed by atoms with Crippen LogP contribution in [0.5, 0.6) is 0 Å². The van der Waals surface area contributed by atoms with Crippen molar-refractivity contribution < 1.29 is 17.6 Å². The third-order valence-corrected chi connectivity index (χ3v) is 4.43. The Bertz CT molecular complexity index is 455. The van der Waals surface area contributed by atoms with E-state index >= 15 is 0 Å². The Labute approximate surface area is 112 Å². The molecule has 1 fully saturated rings. The van der Waals surface area contributed by atoms with Crippen LogP contribution < -0.4 is 0 Å². The number of hydrogen-bond acceptors (Lipinski definition) is 0. The summed E-state index contributed by atoms with van der Waals surface area (Å²) in [5, 5.41) is 0. The van der Waals surface area contributed by atoms with Gasteiger partial charge >= 0.3 is 6.18 Å². The van der Waals surface area contributed by atoms with Gasteiger partial charge in [0, 0.05) is 4.83 Å². The van der Waals surface area contributed by atoms with Crippen molar-refractivity contribution in [3.8, 4) is 0 Å². The molecule has 2 unspecified atom stereocenters. The van der Waals surface area contributed by atoms with Gasteiger partial charge in [-0.1, -0.05) is 28.9 Å². The molecule has 0 aliphatic heterocycles. The molecular weight excluding hydrogens is 312 g/mol. The smallest absolute Gasteiger partial charge is 0.206 e. The molecule has 0 spiro atoms. The molecule has 1 aromatic carbocycles. The minimum absolute atomic E-state index is 0.304. The first kappa shape index (κ1) is 13.8. The van der Waals surface area contributed by atoms with Gasteiger partial charge in [-0.2, -0.15) is 13.2 Å². The van der Waals surface area contributed by atoms with Crippen molar-refractivity contribution in [3.05, 3.63) is 35.1 Å². The quantitative estimate of drug-likeness (QED) is 0.501. The third-order valence-electron chi connectivity index (χ3n) is 3.65. The second-order valence-corrected chi connectivity index (χ2v) is 6.39. The zero-order valence-corrected chi connectivity index (χ0v) is 11.4. The van der Waals surface area contributed by atoms with E-state index in [4.69, 9.17) is 0 Å². The molecule has 0 aromatic heterocycles. The summed E-state index contributed by atoms with van der Waals surface area (Å²) in [6.45, 7) is 1.93. The van der Waals surface area contributed by atoms with Crippen molar-refractivity contribution in [1.82, 2.24) is 0 Å². The zero-order chi connectivity index (χ0) is 13.6. The van der Waals surface area contributed by atoms with E-state index in [1.807, 2.05) is 6.92 Å². The summed E-state index contributed by atoms with van der Waals surface area (Å²) in [6, 6.07) is 3.35. The minimum Gasteiger partial charge on any atom is -0.206 e. The highest BCUT2D eigenvalue weighted by atomic mass is 79.9. The van der Waals surface area contributed by atoms with Crippen LogP contribution in [0.2, 0.25) is 0 Å². The number of benzene rings is 1. The van der Waals surface area contributed by atoms with Crippen molar-refractivity contribution in [1.29, 1.82) is 0 Å². The molecule has 1 aliphatic rings. The summed E-state index contributed by atoms with van der Waals surface area (Å²) < 4.78 is 51.2. The molecule has 5 heteroatoms. The molecule has 1 saturated carbocycles. The fraction of sp³-hybridized carbons (Fsp3) is 0.538. The van der Waals surface area contributed by atoms with E-state index in [1.54, 1.807) is 0 Å². The van der Waals surface area contributed by atoms with Crippen LogP contribution in [0.15, 0.2) is 18.2 Å². The van der Waals surface area contributed by atoms with Crippen LogP contribution in [0.3, 0.4) is 0 Å². The summed E-state index contributed by atoms with van der Waals surface area (Å²) in [5.41, 5.74) is -0.903. The molecule has 0 saturated heterocycles. The minimum atomic E-state index is -4.64. The van der Waals surface area contributed by atoms with E-state index in [2.05, 4.69) is 15.9 Å². The highest BCUT2D eigenvalue weighted by molar-refractivity contribution is 9.09. The van der Waals surface area contributed by atoms with E-state index in [9.17, 15) is 17.6 Å². The predicted molar refractivity (Wildman–Crippen MR) is 65.3 cm³/mol. The first-order valence-electron chi connectivity index (χ1n) is 5.74. The Balaban J connectivity index is 2.42. The van der Waals surface area contributed by atoms with Gasteiger partial charge in [-0.3, -0.25) is 0 Å². The van der Waals surface area contributed by atoms with Crippen molar-refractivity contribution >= 4 is 15.9 Å². The van der Waals surface area contributed by atoms with Gasteiger partial charge in [-0.05, 0) is 42.4 Å². The lowest BCUT2D eigenvalue weighted by Crippen LogP contribution is -2.20. The van der Waals surface area contributed by atoms with Gasteiger partial charge in [-0.25, -0.2) is 4.39 Å².